The monoisotopic (exact) mass is 640 g/mol. The molecule has 12 heteroatoms. The summed E-state index contributed by atoms with van der Waals surface area (Å²) in [5.41, 5.74) is 5.25. The minimum Gasteiger partial charge on any atom is -0.508 e. The summed E-state index contributed by atoms with van der Waals surface area (Å²) in [6.45, 7) is 13.5. The Kier molecular flexibility index (Phi) is 13.2. The van der Waals surface area contributed by atoms with Gasteiger partial charge >= 0.3 is 12.1 Å². The van der Waals surface area contributed by atoms with Gasteiger partial charge in [-0.2, -0.15) is 0 Å². The van der Waals surface area contributed by atoms with E-state index in [2.05, 4.69) is 10.6 Å². The molecule has 0 saturated heterocycles. The van der Waals surface area contributed by atoms with Crippen LogP contribution in [0.5, 0.6) is 5.75 Å². The molecule has 2 aromatic carbocycles. The van der Waals surface area contributed by atoms with E-state index in [1.165, 1.54) is 17.0 Å². The van der Waals surface area contributed by atoms with Crippen LogP contribution in [0.1, 0.15) is 84.0 Å². The van der Waals surface area contributed by atoms with Crippen molar-refractivity contribution in [2.24, 2.45) is 5.73 Å². The van der Waals surface area contributed by atoms with Gasteiger partial charge in [0.15, 0.2) is 0 Å². The van der Waals surface area contributed by atoms with Crippen LogP contribution in [0.15, 0.2) is 48.5 Å². The fourth-order valence-corrected chi connectivity index (χ4v) is 4.65. The Bertz CT molecular complexity index is 1380. The number of carbonyl (C=O) groups excluding carboxylic acids is 5. The zero-order chi connectivity index (χ0) is 34.8. The summed E-state index contributed by atoms with van der Waals surface area (Å²) in [6.07, 6.45) is -1.01. The maximum Gasteiger partial charge on any atom is 0.408 e. The van der Waals surface area contributed by atoms with E-state index in [-0.39, 0.29) is 18.7 Å². The maximum absolute atomic E-state index is 14.3. The van der Waals surface area contributed by atoms with Gasteiger partial charge in [-0.25, -0.2) is 9.59 Å². The molecule has 0 aliphatic carbocycles. The first-order valence-corrected chi connectivity index (χ1v) is 15.3. The molecule has 2 aromatic rings. The highest BCUT2D eigenvalue weighted by Crippen LogP contribution is 2.28. The summed E-state index contributed by atoms with van der Waals surface area (Å²) in [6, 6.07) is 9.59. The van der Waals surface area contributed by atoms with Crippen molar-refractivity contribution in [3.63, 3.8) is 0 Å². The van der Waals surface area contributed by atoms with E-state index in [1.54, 1.807) is 61.5 Å². The number of amides is 4. The van der Waals surface area contributed by atoms with Crippen LogP contribution in [-0.4, -0.2) is 69.6 Å². The number of rotatable bonds is 13. The van der Waals surface area contributed by atoms with Crippen molar-refractivity contribution in [2.45, 2.75) is 104 Å². The van der Waals surface area contributed by atoms with Crippen LogP contribution in [-0.2, 0) is 35.1 Å². The first-order valence-electron chi connectivity index (χ1n) is 15.3. The highest BCUT2D eigenvalue weighted by atomic mass is 16.6. The average molecular weight is 641 g/mol. The number of hydrogen-bond acceptors (Lipinski definition) is 8. The van der Waals surface area contributed by atoms with Crippen molar-refractivity contribution < 1.29 is 38.6 Å². The molecule has 252 valence electrons. The van der Waals surface area contributed by atoms with E-state index in [0.29, 0.717) is 17.5 Å². The van der Waals surface area contributed by atoms with E-state index in [1.807, 2.05) is 30.3 Å². The molecule has 4 amide bonds. The summed E-state index contributed by atoms with van der Waals surface area (Å²) in [5, 5.41) is 15.4. The molecule has 0 saturated carbocycles. The number of phenolic OH excluding ortho intramolecular Hbond substituents is 1. The number of nitrogens with zero attached hydrogens (tertiary/aromatic N) is 1. The standard InChI is InChI=1S/C34H48N4O8/c1-9-17-38(30(42)24(20-27(35)40)37-32(44)46-34(6,7)8)28(23-15-16-26(39)21(2)18-23)29(41)36-25(31(43)45-33(3,4)5)19-22-13-11-10-12-14-22/h10-16,18,24-25,28,39H,9,17,19-20H2,1-8H3,(H2,35,40)(H,36,41)(H,37,44). The fraction of sp³-hybridized carbons (Fsp3) is 0.500. The third kappa shape index (κ3) is 12.1. The first kappa shape index (κ1) is 37.6. The Labute approximate surface area is 271 Å². The number of carbonyl (C=O) groups is 5. The minimum atomic E-state index is -1.46. The van der Waals surface area contributed by atoms with Crippen molar-refractivity contribution in [2.75, 3.05) is 6.54 Å². The van der Waals surface area contributed by atoms with Gasteiger partial charge in [-0.3, -0.25) is 14.4 Å². The second-order valence-corrected chi connectivity index (χ2v) is 13.1. The third-order valence-electron chi connectivity index (χ3n) is 6.53. The van der Waals surface area contributed by atoms with Gasteiger partial charge in [-0.15, -0.1) is 0 Å². The number of aryl methyl sites for hydroxylation is 1. The van der Waals surface area contributed by atoms with Crippen LogP contribution >= 0.6 is 0 Å². The average Bonchev–Trinajstić information content (AvgIpc) is 2.92. The van der Waals surface area contributed by atoms with Crippen LogP contribution in [0, 0.1) is 6.92 Å². The summed E-state index contributed by atoms with van der Waals surface area (Å²) in [7, 11) is 0. The van der Waals surface area contributed by atoms with Gasteiger partial charge in [-0.1, -0.05) is 43.3 Å². The number of benzene rings is 2. The zero-order valence-electron chi connectivity index (χ0n) is 28.0. The molecule has 0 aliphatic heterocycles. The normalized spacial score (nSPS) is 13.5. The summed E-state index contributed by atoms with van der Waals surface area (Å²) >= 11 is 0. The van der Waals surface area contributed by atoms with E-state index >= 15 is 0 Å². The molecule has 0 aliphatic rings. The van der Waals surface area contributed by atoms with Gasteiger partial charge in [0, 0.05) is 13.0 Å². The smallest absolute Gasteiger partial charge is 0.408 e. The largest absolute Gasteiger partial charge is 0.508 e. The topological polar surface area (TPSA) is 177 Å². The number of esters is 1. The lowest BCUT2D eigenvalue weighted by atomic mass is 9.98. The van der Waals surface area contributed by atoms with Crippen molar-refractivity contribution in [3.8, 4) is 5.75 Å². The molecule has 3 atom stereocenters. The number of alkyl carbamates (subject to hydrolysis) is 1. The van der Waals surface area contributed by atoms with Crippen molar-refractivity contribution in [1.82, 2.24) is 15.5 Å². The molecule has 0 bridgehead atoms. The van der Waals surface area contributed by atoms with E-state index in [4.69, 9.17) is 15.2 Å². The SMILES string of the molecule is CCCN(C(=O)C(CC(N)=O)NC(=O)OC(C)(C)C)C(C(=O)NC(Cc1ccccc1)C(=O)OC(C)(C)C)c1ccc(O)c(C)c1. The van der Waals surface area contributed by atoms with Crippen molar-refractivity contribution in [3.05, 3.63) is 65.2 Å². The van der Waals surface area contributed by atoms with Crippen LogP contribution in [0.25, 0.3) is 0 Å². The number of ether oxygens (including phenoxy) is 2. The van der Waals surface area contributed by atoms with Crippen molar-refractivity contribution in [1.29, 1.82) is 0 Å². The van der Waals surface area contributed by atoms with Gasteiger partial charge in [0.25, 0.3) is 0 Å². The first-order chi connectivity index (χ1) is 21.3. The van der Waals surface area contributed by atoms with Gasteiger partial charge in [0.1, 0.15) is 35.1 Å². The fourth-order valence-electron chi connectivity index (χ4n) is 4.65. The molecule has 0 fully saturated rings. The quantitative estimate of drug-likeness (QED) is 0.239. The van der Waals surface area contributed by atoms with Gasteiger partial charge < -0.3 is 35.8 Å². The Balaban J connectivity index is 2.62. The lowest BCUT2D eigenvalue weighted by molar-refractivity contribution is -0.159. The predicted molar refractivity (Wildman–Crippen MR) is 172 cm³/mol. The lowest BCUT2D eigenvalue weighted by Gasteiger charge is -2.35. The van der Waals surface area contributed by atoms with E-state index in [0.717, 1.165) is 5.56 Å². The van der Waals surface area contributed by atoms with Gasteiger partial charge in [0.05, 0.1) is 6.42 Å². The van der Waals surface area contributed by atoms with Crippen molar-refractivity contribution >= 4 is 29.8 Å². The summed E-state index contributed by atoms with van der Waals surface area (Å²) < 4.78 is 10.9. The van der Waals surface area contributed by atoms with Crippen LogP contribution in [0.2, 0.25) is 0 Å². The van der Waals surface area contributed by atoms with E-state index in [9.17, 15) is 29.1 Å². The Morgan fingerprint density at radius 1 is 0.891 bits per heavy atom. The van der Waals surface area contributed by atoms with Crippen LogP contribution in [0.4, 0.5) is 4.79 Å². The number of hydrogen-bond donors (Lipinski definition) is 4. The molecule has 3 unspecified atom stereocenters. The molecule has 0 radical (unpaired) electrons. The molecule has 2 rings (SSSR count). The molecular formula is C34H48N4O8. The van der Waals surface area contributed by atoms with Crippen LogP contribution in [0.3, 0.4) is 0 Å². The Morgan fingerprint density at radius 2 is 1.50 bits per heavy atom. The lowest BCUT2D eigenvalue weighted by Crippen LogP contribution is -2.55. The second-order valence-electron chi connectivity index (χ2n) is 13.1. The second kappa shape index (κ2) is 16.1. The summed E-state index contributed by atoms with van der Waals surface area (Å²) in [5.74, 6) is -3.04. The molecule has 0 spiro atoms. The molecule has 5 N–H and O–H groups in total. The van der Waals surface area contributed by atoms with Gasteiger partial charge in [0.2, 0.25) is 17.7 Å². The Morgan fingerprint density at radius 3 is 2.02 bits per heavy atom. The molecular weight excluding hydrogens is 592 g/mol. The third-order valence-corrected chi connectivity index (χ3v) is 6.53. The van der Waals surface area contributed by atoms with E-state index < -0.39 is 65.5 Å². The number of nitrogens with two attached hydrogens (primary N) is 1. The Hall–Kier alpha value is -4.61. The molecule has 0 aromatic heterocycles. The number of nitrogens with one attached hydrogen (secondary N) is 2. The summed E-state index contributed by atoms with van der Waals surface area (Å²) in [4.78, 5) is 67.8. The van der Waals surface area contributed by atoms with Crippen LogP contribution < -0.4 is 16.4 Å². The maximum atomic E-state index is 14.3. The predicted octanol–water partition coefficient (Wildman–Crippen LogP) is 3.82. The molecule has 0 heterocycles. The number of phenols is 1. The van der Waals surface area contributed by atoms with Gasteiger partial charge in [-0.05, 0) is 83.7 Å². The zero-order valence-corrected chi connectivity index (χ0v) is 28.0. The number of primary amides is 1. The number of aromatic hydroxyl groups is 1. The molecule has 46 heavy (non-hydrogen) atoms. The highest BCUT2D eigenvalue weighted by molar-refractivity contribution is 5.95. The molecule has 12 nitrogen and oxygen atoms in total. The highest BCUT2D eigenvalue weighted by Gasteiger charge is 2.38. The minimum absolute atomic E-state index is 0.0230.